The quantitative estimate of drug-likeness (QED) is 0.742. The number of nitrogens with one attached hydrogen (secondary N) is 1. The van der Waals surface area contributed by atoms with Crippen molar-refractivity contribution in [3.05, 3.63) is 29.6 Å². The molecule has 0 aromatic heterocycles. The minimum atomic E-state index is -0.236. The van der Waals surface area contributed by atoms with Gasteiger partial charge >= 0.3 is 0 Å². The molecular formula is C11H14FNO. The van der Waals surface area contributed by atoms with E-state index < -0.39 is 0 Å². The molecule has 0 saturated carbocycles. The monoisotopic (exact) mass is 195 g/mol. The zero-order chi connectivity index (χ0) is 9.97. The van der Waals surface area contributed by atoms with Crippen LogP contribution in [0.2, 0.25) is 0 Å². The molecule has 0 radical (unpaired) electrons. The number of halogens is 1. The standard InChI is InChI=1S/C11H14FNO/c1-13-10-3-2-6-14-11-7-8(12)4-5-9(10)11/h4-5,7,10,13H,2-3,6H2,1H3. The Morgan fingerprint density at radius 2 is 2.36 bits per heavy atom. The van der Waals surface area contributed by atoms with Gasteiger partial charge in [-0.1, -0.05) is 6.07 Å². The maximum atomic E-state index is 13.0. The molecule has 2 rings (SSSR count). The van der Waals surface area contributed by atoms with E-state index in [4.69, 9.17) is 4.74 Å². The van der Waals surface area contributed by atoms with Crippen LogP contribution in [-0.4, -0.2) is 13.7 Å². The van der Waals surface area contributed by atoms with Gasteiger partial charge in [-0.3, -0.25) is 0 Å². The summed E-state index contributed by atoms with van der Waals surface area (Å²) in [5.41, 5.74) is 1.06. The van der Waals surface area contributed by atoms with Crippen LogP contribution in [0.3, 0.4) is 0 Å². The summed E-state index contributed by atoms with van der Waals surface area (Å²) in [6, 6.07) is 5.04. The fraction of sp³-hybridized carbons (Fsp3) is 0.455. The predicted molar refractivity (Wildman–Crippen MR) is 52.9 cm³/mol. The fourth-order valence-corrected chi connectivity index (χ4v) is 1.85. The van der Waals surface area contributed by atoms with Gasteiger partial charge < -0.3 is 10.1 Å². The van der Waals surface area contributed by atoms with E-state index in [9.17, 15) is 4.39 Å². The SMILES string of the molecule is CNC1CCCOc2cc(F)ccc21. The summed E-state index contributed by atoms with van der Waals surface area (Å²) in [7, 11) is 1.92. The highest BCUT2D eigenvalue weighted by atomic mass is 19.1. The van der Waals surface area contributed by atoms with Crippen molar-refractivity contribution in [1.82, 2.24) is 5.32 Å². The summed E-state index contributed by atoms with van der Waals surface area (Å²) in [6.07, 6.45) is 2.04. The number of rotatable bonds is 1. The maximum Gasteiger partial charge on any atom is 0.126 e. The van der Waals surface area contributed by atoms with E-state index >= 15 is 0 Å². The van der Waals surface area contributed by atoms with Crippen LogP contribution in [-0.2, 0) is 0 Å². The van der Waals surface area contributed by atoms with Crippen LogP contribution >= 0.6 is 0 Å². The summed E-state index contributed by atoms with van der Waals surface area (Å²) in [5, 5.41) is 3.22. The van der Waals surface area contributed by atoms with Gasteiger partial charge in [-0.2, -0.15) is 0 Å². The van der Waals surface area contributed by atoms with Crippen LogP contribution < -0.4 is 10.1 Å². The molecule has 0 spiro atoms. The lowest BCUT2D eigenvalue weighted by Crippen LogP contribution is -2.15. The van der Waals surface area contributed by atoms with Crippen LogP contribution in [0.25, 0.3) is 0 Å². The molecule has 1 atom stereocenters. The summed E-state index contributed by atoms with van der Waals surface area (Å²) in [6.45, 7) is 0.675. The van der Waals surface area contributed by atoms with E-state index in [0.29, 0.717) is 12.4 Å². The van der Waals surface area contributed by atoms with Gasteiger partial charge in [0.2, 0.25) is 0 Å². The highest BCUT2D eigenvalue weighted by molar-refractivity contribution is 5.37. The third-order valence-electron chi connectivity index (χ3n) is 2.59. The van der Waals surface area contributed by atoms with Gasteiger partial charge in [-0.15, -0.1) is 0 Å². The molecule has 1 aromatic carbocycles. The average molecular weight is 195 g/mol. The van der Waals surface area contributed by atoms with Crippen molar-refractivity contribution < 1.29 is 9.13 Å². The van der Waals surface area contributed by atoms with Crippen LogP contribution in [0.15, 0.2) is 18.2 Å². The van der Waals surface area contributed by atoms with Gasteiger partial charge in [0.1, 0.15) is 11.6 Å². The largest absolute Gasteiger partial charge is 0.493 e. The van der Waals surface area contributed by atoms with Crippen molar-refractivity contribution in [2.75, 3.05) is 13.7 Å². The van der Waals surface area contributed by atoms with E-state index in [0.717, 1.165) is 18.4 Å². The molecular weight excluding hydrogens is 181 g/mol. The normalized spacial score (nSPS) is 20.9. The first kappa shape index (κ1) is 9.46. The highest BCUT2D eigenvalue weighted by Gasteiger charge is 2.18. The van der Waals surface area contributed by atoms with E-state index in [2.05, 4.69) is 5.32 Å². The van der Waals surface area contributed by atoms with Crippen LogP contribution in [0.5, 0.6) is 5.75 Å². The minimum Gasteiger partial charge on any atom is -0.493 e. The molecule has 0 saturated heterocycles. The van der Waals surface area contributed by atoms with Crippen LogP contribution in [0.1, 0.15) is 24.4 Å². The first-order valence-electron chi connectivity index (χ1n) is 4.91. The predicted octanol–water partition coefficient (Wildman–Crippen LogP) is 2.26. The Bertz CT molecular complexity index is 327. The van der Waals surface area contributed by atoms with E-state index in [-0.39, 0.29) is 11.9 Å². The fourth-order valence-electron chi connectivity index (χ4n) is 1.85. The second-order valence-electron chi connectivity index (χ2n) is 3.51. The average Bonchev–Trinajstić information content (AvgIpc) is 2.38. The van der Waals surface area contributed by atoms with Crippen molar-refractivity contribution in [2.45, 2.75) is 18.9 Å². The van der Waals surface area contributed by atoms with Crippen LogP contribution in [0.4, 0.5) is 4.39 Å². The molecule has 76 valence electrons. The number of hydrogen-bond donors (Lipinski definition) is 1. The molecule has 14 heavy (non-hydrogen) atoms. The van der Waals surface area contributed by atoms with Gasteiger partial charge in [0.15, 0.2) is 0 Å². The maximum absolute atomic E-state index is 13.0. The van der Waals surface area contributed by atoms with Crippen molar-refractivity contribution >= 4 is 0 Å². The lowest BCUT2D eigenvalue weighted by Gasteiger charge is -2.15. The molecule has 1 N–H and O–H groups in total. The molecule has 1 unspecified atom stereocenters. The second-order valence-corrected chi connectivity index (χ2v) is 3.51. The summed E-state index contributed by atoms with van der Waals surface area (Å²) in [4.78, 5) is 0. The summed E-state index contributed by atoms with van der Waals surface area (Å²) in [5.74, 6) is 0.447. The second kappa shape index (κ2) is 3.96. The molecule has 1 aliphatic rings. The van der Waals surface area contributed by atoms with Gasteiger partial charge in [-0.05, 0) is 26.0 Å². The van der Waals surface area contributed by atoms with E-state index in [1.807, 2.05) is 7.05 Å². The van der Waals surface area contributed by atoms with Gasteiger partial charge in [-0.25, -0.2) is 4.39 Å². The molecule has 1 aliphatic heterocycles. The molecule has 0 bridgehead atoms. The topological polar surface area (TPSA) is 21.3 Å². The smallest absolute Gasteiger partial charge is 0.126 e. The Balaban J connectivity index is 2.39. The highest BCUT2D eigenvalue weighted by Crippen LogP contribution is 2.31. The van der Waals surface area contributed by atoms with Crippen molar-refractivity contribution in [1.29, 1.82) is 0 Å². The number of fused-ring (bicyclic) bond motifs is 1. The van der Waals surface area contributed by atoms with Crippen molar-refractivity contribution in [3.8, 4) is 5.75 Å². The van der Waals surface area contributed by atoms with E-state index in [1.54, 1.807) is 6.07 Å². The summed E-state index contributed by atoms with van der Waals surface area (Å²) >= 11 is 0. The first-order chi connectivity index (χ1) is 6.81. The Labute approximate surface area is 83.1 Å². The lowest BCUT2D eigenvalue weighted by molar-refractivity contribution is 0.314. The first-order valence-corrected chi connectivity index (χ1v) is 4.91. The lowest BCUT2D eigenvalue weighted by atomic mass is 10.0. The van der Waals surface area contributed by atoms with Crippen molar-refractivity contribution in [2.24, 2.45) is 0 Å². The molecule has 2 nitrogen and oxygen atoms in total. The zero-order valence-corrected chi connectivity index (χ0v) is 8.22. The Morgan fingerprint density at radius 1 is 1.50 bits per heavy atom. The molecule has 1 heterocycles. The Hall–Kier alpha value is -1.09. The molecule has 0 amide bonds. The minimum absolute atomic E-state index is 0.236. The molecule has 0 aliphatic carbocycles. The molecule has 3 heteroatoms. The Kier molecular flexibility index (Phi) is 2.68. The van der Waals surface area contributed by atoms with Crippen molar-refractivity contribution in [3.63, 3.8) is 0 Å². The zero-order valence-electron chi connectivity index (χ0n) is 8.22. The molecule has 1 aromatic rings. The van der Waals surface area contributed by atoms with Gasteiger partial charge in [0.05, 0.1) is 6.61 Å². The van der Waals surface area contributed by atoms with Gasteiger partial charge in [0, 0.05) is 17.7 Å². The van der Waals surface area contributed by atoms with Crippen LogP contribution in [0, 0.1) is 5.82 Å². The number of benzene rings is 1. The number of ether oxygens (including phenoxy) is 1. The molecule has 0 fully saturated rings. The third-order valence-corrected chi connectivity index (χ3v) is 2.59. The van der Waals surface area contributed by atoms with E-state index in [1.165, 1.54) is 12.1 Å². The summed E-state index contributed by atoms with van der Waals surface area (Å²) < 4.78 is 18.4. The van der Waals surface area contributed by atoms with Gasteiger partial charge in [0.25, 0.3) is 0 Å². The third kappa shape index (κ3) is 1.73. The number of hydrogen-bond acceptors (Lipinski definition) is 2. The Morgan fingerprint density at radius 3 is 3.14 bits per heavy atom.